The van der Waals surface area contributed by atoms with Crippen molar-refractivity contribution in [2.75, 3.05) is 6.54 Å². The molecule has 0 atom stereocenters. The number of hydrogen-bond acceptors (Lipinski definition) is 5. The van der Waals surface area contributed by atoms with Gasteiger partial charge in [-0.05, 0) is 25.0 Å². The summed E-state index contributed by atoms with van der Waals surface area (Å²) in [5.74, 6) is 2.91. The molecule has 1 aromatic heterocycles. The summed E-state index contributed by atoms with van der Waals surface area (Å²) in [5, 5.41) is 11.1. The van der Waals surface area contributed by atoms with Crippen LogP contribution < -0.4 is 11.1 Å². The zero-order valence-corrected chi connectivity index (χ0v) is 13.1. The highest BCUT2D eigenvalue weighted by molar-refractivity contribution is 5.95. The van der Waals surface area contributed by atoms with Gasteiger partial charge in [0.05, 0.1) is 17.0 Å². The number of nitrogens with two attached hydrogens (primary N) is 1. The van der Waals surface area contributed by atoms with E-state index in [1.165, 1.54) is 0 Å². The molecule has 1 aromatic rings. The smallest absolute Gasteiger partial charge is 0.253 e. The van der Waals surface area contributed by atoms with Crippen LogP contribution in [-0.4, -0.2) is 23.1 Å². The average molecular weight is 311 g/mol. The van der Waals surface area contributed by atoms with Crippen LogP contribution in [0.2, 0.25) is 0 Å². The van der Waals surface area contributed by atoms with Gasteiger partial charge in [0.15, 0.2) is 5.66 Å². The van der Waals surface area contributed by atoms with Gasteiger partial charge in [0.1, 0.15) is 0 Å². The minimum absolute atomic E-state index is 0.0873. The van der Waals surface area contributed by atoms with Gasteiger partial charge >= 0.3 is 0 Å². The Hall–Kier alpha value is -2.26. The topological polar surface area (TPSA) is 92.7 Å². The lowest BCUT2D eigenvalue weighted by molar-refractivity contribution is 0.0950. The molecule has 1 saturated carbocycles. The first-order valence-corrected chi connectivity index (χ1v) is 8.03. The molecule has 3 N–H and O–H groups in total. The van der Waals surface area contributed by atoms with Crippen LogP contribution in [0.4, 0.5) is 0 Å². The molecule has 2 heterocycles. The second-order valence-electron chi connectivity index (χ2n) is 6.11. The number of carbonyl (C=O) groups is 1. The van der Waals surface area contributed by atoms with Crippen molar-refractivity contribution in [2.24, 2.45) is 16.0 Å². The highest BCUT2D eigenvalue weighted by atomic mass is 16.1. The summed E-state index contributed by atoms with van der Waals surface area (Å²) in [6.07, 6.45) is 9.54. The Kier molecular flexibility index (Phi) is 4.39. The van der Waals surface area contributed by atoms with Gasteiger partial charge in [-0.25, -0.2) is 0 Å². The van der Waals surface area contributed by atoms with E-state index in [0.717, 1.165) is 30.7 Å². The molecule has 0 bridgehead atoms. The number of nitrogens with zero attached hydrogens (tertiary/aromatic N) is 3. The largest absolute Gasteiger partial charge is 0.352 e. The molecule has 3 rings (SSSR count). The van der Waals surface area contributed by atoms with Crippen molar-refractivity contribution >= 4 is 5.91 Å². The van der Waals surface area contributed by atoms with E-state index in [9.17, 15) is 4.79 Å². The van der Waals surface area contributed by atoms with Gasteiger partial charge in [0.2, 0.25) is 0 Å². The van der Waals surface area contributed by atoms with E-state index in [0.29, 0.717) is 37.4 Å². The third kappa shape index (κ3) is 3.74. The van der Waals surface area contributed by atoms with Gasteiger partial charge in [-0.1, -0.05) is 0 Å². The molecule has 1 aliphatic heterocycles. The van der Waals surface area contributed by atoms with E-state index in [-0.39, 0.29) is 11.6 Å². The van der Waals surface area contributed by atoms with E-state index in [2.05, 4.69) is 26.4 Å². The fourth-order valence-electron chi connectivity index (χ4n) is 2.63. The third-order valence-corrected chi connectivity index (χ3v) is 4.26. The number of aromatic nitrogens is 1. The first kappa shape index (κ1) is 15.6. The normalized spacial score (nSPS) is 17.6. The van der Waals surface area contributed by atoms with Gasteiger partial charge in [-0.3, -0.25) is 9.78 Å². The molecule has 120 valence electrons. The monoisotopic (exact) mass is 311 g/mol. The van der Waals surface area contributed by atoms with Gasteiger partial charge in [0, 0.05) is 38.3 Å². The quantitative estimate of drug-likeness (QED) is 0.720. The Balaban J connectivity index is 1.57. The van der Waals surface area contributed by atoms with Crippen molar-refractivity contribution in [1.29, 1.82) is 0 Å². The maximum absolute atomic E-state index is 12.4. The van der Waals surface area contributed by atoms with Crippen LogP contribution in [0.1, 0.15) is 59.8 Å². The van der Waals surface area contributed by atoms with E-state index >= 15 is 0 Å². The molecule has 1 aliphatic carbocycles. The molecule has 0 aromatic carbocycles. The maximum Gasteiger partial charge on any atom is 0.253 e. The molecule has 23 heavy (non-hydrogen) atoms. The van der Waals surface area contributed by atoms with Crippen LogP contribution in [-0.2, 0) is 6.54 Å². The average Bonchev–Trinajstić information content (AvgIpc) is 3.47. The van der Waals surface area contributed by atoms with Crippen LogP contribution >= 0.6 is 0 Å². The Bertz CT molecular complexity index is 666. The summed E-state index contributed by atoms with van der Waals surface area (Å²) in [6, 6.07) is 3.65. The van der Waals surface area contributed by atoms with E-state index < -0.39 is 0 Å². The number of carbonyl (C=O) groups excluding carboxylic acids is 1. The van der Waals surface area contributed by atoms with Gasteiger partial charge in [0.25, 0.3) is 5.91 Å². The van der Waals surface area contributed by atoms with Crippen molar-refractivity contribution in [3.05, 3.63) is 29.1 Å². The summed E-state index contributed by atoms with van der Waals surface area (Å²) in [7, 11) is 0. The van der Waals surface area contributed by atoms with Crippen molar-refractivity contribution in [1.82, 2.24) is 10.3 Å². The van der Waals surface area contributed by atoms with Crippen LogP contribution in [0.25, 0.3) is 0 Å². The molecule has 6 nitrogen and oxygen atoms in total. The molecule has 0 saturated heterocycles. The molecule has 2 aliphatic rings. The Morgan fingerprint density at radius 1 is 1.39 bits per heavy atom. The fraction of sp³-hybridized carbons (Fsp3) is 0.529. The minimum atomic E-state index is -0.360. The maximum atomic E-state index is 12.4. The van der Waals surface area contributed by atoms with Crippen LogP contribution in [0.5, 0.6) is 0 Å². The number of pyridine rings is 1. The Morgan fingerprint density at radius 3 is 2.78 bits per heavy atom. The number of rotatable bonds is 8. The zero-order valence-electron chi connectivity index (χ0n) is 13.1. The lowest BCUT2D eigenvalue weighted by Gasteiger charge is -2.12. The zero-order chi connectivity index (χ0) is 16.3. The van der Waals surface area contributed by atoms with E-state index in [4.69, 9.17) is 12.2 Å². The van der Waals surface area contributed by atoms with Crippen molar-refractivity contribution in [2.45, 2.75) is 50.2 Å². The van der Waals surface area contributed by atoms with Crippen molar-refractivity contribution < 1.29 is 4.79 Å². The molecule has 0 unspecified atom stereocenters. The number of nitrogens with one attached hydrogen (secondary N) is 1. The van der Waals surface area contributed by atoms with Crippen LogP contribution in [0.3, 0.4) is 0 Å². The molecular formula is C17H21N5O. The predicted molar refractivity (Wildman–Crippen MR) is 86.7 cm³/mol. The highest BCUT2D eigenvalue weighted by Gasteiger charge is 2.38. The summed E-state index contributed by atoms with van der Waals surface area (Å²) in [6.45, 7) is 0.918. The summed E-state index contributed by atoms with van der Waals surface area (Å²) in [5.41, 5.74) is 7.65. The second-order valence-corrected chi connectivity index (χ2v) is 6.11. The standard InChI is InChI=1S/C17H21N5O/c1-2-3-8-17(21-22-17)9-10-19-16(23)14-7-6-13(11-18)20-15(14)12-4-5-12/h1,6-7,12H,3-5,8-11,18H2,(H,19,23). The molecule has 1 fully saturated rings. The number of terminal acetylenes is 1. The first-order valence-electron chi connectivity index (χ1n) is 8.03. The van der Waals surface area contributed by atoms with Crippen LogP contribution in [0.15, 0.2) is 22.4 Å². The second kappa shape index (κ2) is 6.47. The molecule has 0 radical (unpaired) electrons. The fourth-order valence-corrected chi connectivity index (χ4v) is 2.63. The molecular weight excluding hydrogens is 290 g/mol. The molecule has 0 spiro atoms. The molecule has 1 amide bonds. The number of hydrogen-bond donors (Lipinski definition) is 2. The van der Waals surface area contributed by atoms with Gasteiger partial charge in [-0.15, -0.1) is 12.3 Å². The van der Waals surface area contributed by atoms with E-state index in [1.807, 2.05) is 12.1 Å². The van der Waals surface area contributed by atoms with Crippen LogP contribution in [0, 0.1) is 12.3 Å². The summed E-state index contributed by atoms with van der Waals surface area (Å²) < 4.78 is 0. The third-order valence-electron chi connectivity index (χ3n) is 4.26. The van der Waals surface area contributed by atoms with Crippen molar-refractivity contribution in [3.63, 3.8) is 0 Å². The Morgan fingerprint density at radius 2 is 2.17 bits per heavy atom. The van der Waals surface area contributed by atoms with Gasteiger partial charge < -0.3 is 11.1 Å². The first-order chi connectivity index (χ1) is 11.2. The Labute approximate surface area is 136 Å². The number of amides is 1. The van der Waals surface area contributed by atoms with Crippen molar-refractivity contribution in [3.8, 4) is 12.3 Å². The SMILES string of the molecule is C#CCCC1(CCNC(=O)c2ccc(CN)nc2C2CC2)N=N1. The minimum Gasteiger partial charge on any atom is -0.352 e. The predicted octanol–water partition coefficient (Wildman–Crippen LogP) is 2.11. The lowest BCUT2D eigenvalue weighted by atomic mass is 10.0. The lowest BCUT2D eigenvalue weighted by Crippen LogP contribution is -2.29. The summed E-state index contributed by atoms with van der Waals surface area (Å²) in [4.78, 5) is 17.0. The van der Waals surface area contributed by atoms with Gasteiger partial charge in [-0.2, -0.15) is 10.2 Å². The van der Waals surface area contributed by atoms with E-state index in [1.54, 1.807) is 0 Å². The molecule has 6 heteroatoms. The summed E-state index contributed by atoms with van der Waals surface area (Å²) >= 11 is 0. The highest BCUT2D eigenvalue weighted by Crippen LogP contribution is 2.40.